The molecule has 8 heavy (non-hydrogen) atoms. The first kappa shape index (κ1) is 5.54. The summed E-state index contributed by atoms with van der Waals surface area (Å²) in [5.74, 6) is 0.796. The molecular weight excluding hydrogens is 100 g/mol. The van der Waals surface area contributed by atoms with Gasteiger partial charge in [-0.1, -0.05) is 19.1 Å². The molecule has 1 heteroatoms. The van der Waals surface area contributed by atoms with Crippen molar-refractivity contribution in [3.05, 3.63) is 12.2 Å². The second-order valence-corrected chi connectivity index (χ2v) is 2.48. The van der Waals surface area contributed by atoms with Gasteiger partial charge in [0.15, 0.2) is 0 Å². The molecule has 44 valence electrons. The highest BCUT2D eigenvalue weighted by Crippen LogP contribution is 2.25. The molecule has 1 aliphatic carbocycles. The molecule has 0 amide bonds. The van der Waals surface area contributed by atoms with Crippen molar-refractivity contribution >= 4 is 5.78 Å². The summed E-state index contributed by atoms with van der Waals surface area (Å²) in [5, 5.41) is 0. The second kappa shape index (κ2) is 1.73. The summed E-state index contributed by atoms with van der Waals surface area (Å²) in [7, 11) is 0. The van der Waals surface area contributed by atoms with E-state index in [-0.39, 0.29) is 0 Å². The van der Waals surface area contributed by atoms with Gasteiger partial charge in [-0.05, 0) is 5.92 Å². The van der Waals surface area contributed by atoms with Crippen molar-refractivity contribution in [2.24, 2.45) is 5.92 Å². The predicted molar refractivity (Wildman–Crippen MR) is 32.5 cm³/mol. The van der Waals surface area contributed by atoms with Crippen molar-refractivity contribution in [3.63, 3.8) is 0 Å². The molecule has 1 aliphatic rings. The van der Waals surface area contributed by atoms with Crippen LogP contribution in [0.3, 0.4) is 0 Å². The van der Waals surface area contributed by atoms with Crippen LogP contribution in [0, 0.1) is 5.92 Å². The van der Waals surface area contributed by atoms with E-state index >= 15 is 0 Å². The van der Waals surface area contributed by atoms with E-state index in [1.165, 1.54) is 0 Å². The van der Waals surface area contributed by atoms with Gasteiger partial charge in [0.2, 0.25) is 0 Å². The molecule has 0 aromatic rings. The lowest BCUT2D eigenvalue weighted by atomic mass is 10.1. The Balaban J connectivity index is 2.64. The molecule has 1 atom stereocenters. The number of Topliss-reactive ketones (excluding diaryl/α,β-unsaturated/α-hetero) is 1. The van der Waals surface area contributed by atoms with Gasteiger partial charge in [-0.25, -0.2) is 0 Å². The molecule has 1 fully saturated rings. The molecule has 0 heterocycles. The van der Waals surface area contributed by atoms with Gasteiger partial charge >= 0.3 is 0 Å². The summed E-state index contributed by atoms with van der Waals surface area (Å²) in [6.45, 7) is 5.81. The summed E-state index contributed by atoms with van der Waals surface area (Å²) in [6.07, 6.45) is 1.35. The predicted octanol–water partition coefficient (Wildman–Crippen LogP) is 1.54. The maximum atomic E-state index is 10.6. The zero-order chi connectivity index (χ0) is 6.15. The normalized spacial score (nSPS) is 29.4. The number of ketones is 1. The van der Waals surface area contributed by atoms with E-state index in [1.54, 1.807) is 0 Å². The van der Waals surface area contributed by atoms with E-state index in [0.29, 0.717) is 18.1 Å². The van der Waals surface area contributed by atoms with Crippen LogP contribution in [-0.2, 0) is 4.79 Å². The Hall–Kier alpha value is -0.590. The first-order chi connectivity index (χ1) is 3.70. The molecule has 1 saturated carbocycles. The lowest BCUT2D eigenvalue weighted by Gasteiger charge is -1.95. The van der Waals surface area contributed by atoms with Crippen molar-refractivity contribution in [1.29, 1.82) is 0 Å². The zero-order valence-corrected chi connectivity index (χ0v) is 5.11. The minimum atomic E-state index is 0.350. The third-order valence-electron chi connectivity index (χ3n) is 1.66. The maximum Gasteiger partial charge on any atom is 0.137 e. The van der Waals surface area contributed by atoms with Crippen LogP contribution in [0.15, 0.2) is 12.2 Å². The van der Waals surface area contributed by atoms with E-state index in [1.807, 2.05) is 6.92 Å². The molecule has 0 radical (unpaired) electrons. The second-order valence-electron chi connectivity index (χ2n) is 2.48. The van der Waals surface area contributed by atoms with Gasteiger partial charge in [0, 0.05) is 12.8 Å². The number of hydrogen-bond donors (Lipinski definition) is 0. The van der Waals surface area contributed by atoms with Gasteiger partial charge in [0.25, 0.3) is 0 Å². The number of allylic oxidation sites excluding steroid dienone is 1. The fraction of sp³-hybridized carbons (Fsp3) is 0.571. The van der Waals surface area contributed by atoms with Gasteiger partial charge in [-0.15, -0.1) is 0 Å². The largest absolute Gasteiger partial charge is 0.299 e. The van der Waals surface area contributed by atoms with Crippen LogP contribution in [0.1, 0.15) is 19.8 Å². The Kier molecular flexibility index (Phi) is 1.20. The van der Waals surface area contributed by atoms with Crippen LogP contribution < -0.4 is 0 Å². The molecule has 1 rings (SSSR count). The number of rotatable bonds is 0. The smallest absolute Gasteiger partial charge is 0.137 e. The minimum absolute atomic E-state index is 0.350. The van der Waals surface area contributed by atoms with Crippen molar-refractivity contribution in [2.75, 3.05) is 0 Å². The van der Waals surface area contributed by atoms with Crippen molar-refractivity contribution in [1.82, 2.24) is 0 Å². The van der Waals surface area contributed by atoms with E-state index < -0.39 is 0 Å². The highest BCUT2D eigenvalue weighted by atomic mass is 16.1. The third-order valence-corrected chi connectivity index (χ3v) is 1.66. The number of carbonyl (C=O) groups excluding carboxylic acids is 1. The van der Waals surface area contributed by atoms with Gasteiger partial charge < -0.3 is 0 Å². The molecule has 1 nitrogen and oxygen atoms in total. The Labute approximate surface area is 49.4 Å². The van der Waals surface area contributed by atoms with Crippen LogP contribution in [0.25, 0.3) is 0 Å². The van der Waals surface area contributed by atoms with Gasteiger partial charge in [0.1, 0.15) is 5.78 Å². The van der Waals surface area contributed by atoms with Crippen LogP contribution in [-0.4, -0.2) is 5.78 Å². The quantitative estimate of drug-likeness (QED) is 0.432. The molecule has 0 N–H and O–H groups in total. The first-order valence-electron chi connectivity index (χ1n) is 2.89. The van der Waals surface area contributed by atoms with Crippen LogP contribution in [0.2, 0.25) is 0 Å². The maximum absolute atomic E-state index is 10.6. The Morgan fingerprint density at radius 3 is 2.50 bits per heavy atom. The standard InChI is InChI=1S/C7H10O/c1-5-3-7(8)4-6(5)2/h6H,1,3-4H2,2H3. The fourth-order valence-corrected chi connectivity index (χ4v) is 0.985. The summed E-state index contributed by atoms with van der Waals surface area (Å²) in [5.41, 5.74) is 1.11. The lowest BCUT2D eigenvalue weighted by molar-refractivity contribution is -0.117. The van der Waals surface area contributed by atoms with Crippen molar-refractivity contribution in [2.45, 2.75) is 19.8 Å². The molecule has 0 bridgehead atoms. The average molecular weight is 110 g/mol. The van der Waals surface area contributed by atoms with E-state index in [0.717, 1.165) is 12.0 Å². The highest BCUT2D eigenvalue weighted by Gasteiger charge is 2.20. The first-order valence-corrected chi connectivity index (χ1v) is 2.89. The molecule has 0 aromatic heterocycles. The summed E-state index contributed by atoms with van der Waals surface area (Å²) in [4.78, 5) is 10.6. The Morgan fingerprint density at radius 1 is 1.75 bits per heavy atom. The van der Waals surface area contributed by atoms with Crippen molar-refractivity contribution in [3.8, 4) is 0 Å². The SMILES string of the molecule is C=C1CC(=O)CC1C. The highest BCUT2D eigenvalue weighted by molar-refractivity contribution is 5.84. The fourth-order valence-electron chi connectivity index (χ4n) is 0.985. The molecule has 0 aliphatic heterocycles. The molecule has 0 aromatic carbocycles. The van der Waals surface area contributed by atoms with E-state index in [9.17, 15) is 4.79 Å². The zero-order valence-electron chi connectivity index (χ0n) is 5.11. The topological polar surface area (TPSA) is 17.1 Å². The lowest BCUT2D eigenvalue weighted by Crippen LogP contribution is -1.87. The van der Waals surface area contributed by atoms with Gasteiger partial charge in [-0.2, -0.15) is 0 Å². The molecule has 0 spiro atoms. The summed E-state index contributed by atoms with van der Waals surface area (Å²) in [6, 6.07) is 0. The van der Waals surface area contributed by atoms with Crippen LogP contribution in [0.5, 0.6) is 0 Å². The third kappa shape index (κ3) is 0.808. The molecule has 1 unspecified atom stereocenters. The Morgan fingerprint density at radius 2 is 2.38 bits per heavy atom. The minimum Gasteiger partial charge on any atom is -0.299 e. The van der Waals surface area contributed by atoms with Gasteiger partial charge in [-0.3, -0.25) is 4.79 Å². The van der Waals surface area contributed by atoms with Crippen molar-refractivity contribution < 1.29 is 4.79 Å². The summed E-state index contributed by atoms with van der Waals surface area (Å²) >= 11 is 0. The number of hydrogen-bond acceptors (Lipinski definition) is 1. The van der Waals surface area contributed by atoms with Gasteiger partial charge in [0.05, 0.1) is 0 Å². The van der Waals surface area contributed by atoms with Crippen LogP contribution in [0.4, 0.5) is 0 Å². The molecule has 0 saturated heterocycles. The van der Waals surface area contributed by atoms with Crippen LogP contribution >= 0.6 is 0 Å². The Bertz CT molecular complexity index is 135. The van der Waals surface area contributed by atoms with E-state index in [4.69, 9.17) is 0 Å². The monoisotopic (exact) mass is 110 g/mol. The number of carbonyl (C=O) groups is 1. The molecular formula is C7H10O. The summed E-state index contributed by atoms with van der Waals surface area (Å²) < 4.78 is 0. The van der Waals surface area contributed by atoms with E-state index in [2.05, 4.69) is 6.58 Å². The average Bonchev–Trinajstić information content (AvgIpc) is 1.85.